The van der Waals surface area contributed by atoms with E-state index in [1.165, 1.54) is 29.7 Å². The first-order valence-corrected chi connectivity index (χ1v) is 8.90. The lowest BCUT2D eigenvalue weighted by molar-refractivity contribution is 0.978. The predicted molar refractivity (Wildman–Crippen MR) is 98.9 cm³/mol. The fourth-order valence-corrected chi connectivity index (χ4v) is 3.64. The molecule has 0 atom stereocenters. The number of benzene rings is 1. The van der Waals surface area contributed by atoms with E-state index in [2.05, 4.69) is 69.8 Å². The van der Waals surface area contributed by atoms with Crippen LogP contribution in [0, 0.1) is 17.4 Å². The largest absolute Gasteiger partial charge is 0.372 e. The molecular weight excluding hydrogens is 441 g/mol. The summed E-state index contributed by atoms with van der Waals surface area (Å²) in [5, 5.41) is 3.20. The maximum atomic E-state index is 4.85. The molecule has 1 aliphatic carbocycles. The molecule has 21 heavy (non-hydrogen) atoms. The van der Waals surface area contributed by atoms with Gasteiger partial charge in [0, 0.05) is 23.0 Å². The van der Waals surface area contributed by atoms with Crippen LogP contribution in [0.25, 0.3) is 11.4 Å². The molecule has 1 N–H and O–H groups in total. The number of aryl methyl sites for hydroxylation is 2. The van der Waals surface area contributed by atoms with Crippen molar-refractivity contribution in [1.29, 1.82) is 0 Å². The molecule has 3 nitrogen and oxygen atoms in total. The number of nitrogens with one attached hydrogen (secondary N) is 1. The van der Waals surface area contributed by atoms with E-state index in [9.17, 15) is 0 Å². The van der Waals surface area contributed by atoms with Crippen LogP contribution in [-0.4, -0.2) is 17.0 Å². The molecule has 3 rings (SSSR count). The second kappa shape index (κ2) is 5.83. The Balaban J connectivity index is 2.16. The summed E-state index contributed by atoms with van der Waals surface area (Å²) < 4.78 is 2.32. The summed E-state index contributed by atoms with van der Waals surface area (Å²) in [6, 6.07) is 4.30. The zero-order valence-corrected chi connectivity index (χ0v) is 16.0. The van der Waals surface area contributed by atoms with E-state index in [0.717, 1.165) is 25.2 Å². The van der Waals surface area contributed by atoms with Gasteiger partial charge in [-0.05, 0) is 72.5 Å². The van der Waals surface area contributed by atoms with E-state index in [4.69, 9.17) is 9.97 Å². The van der Waals surface area contributed by atoms with E-state index in [-0.39, 0.29) is 0 Å². The molecule has 0 spiro atoms. The van der Waals surface area contributed by atoms with Crippen LogP contribution < -0.4 is 5.32 Å². The van der Waals surface area contributed by atoms with Crippen molar-refractivity contribution in [1.82, 2.24) is 9.97 Å². The quantitative estimate of drug-likeness (QED) is 0.655. The third-order valence-electron chi connectivity index (χ3n) is 3.77. The van der Waals surface area contributed by atoms with Gasteiger partial charge in [0.25, 0.3) is 0 Å². The van der Waals surface area contributed by atoms with Gasteiger partial charge in [-0.25, -0.2) is 9.97 Å². The molecule has 0 radical (unpaired) electrons. The van der Waals surface area contributed by atoms with Crippen molar-refractivity contribution in [2.24, 2.45) is 0 Å². The highest BCUT2D eigenvalue weighted by atomic mass is 127. The number of hydrogen-bond donors (Lipinski definition) is 1. The lowest BCUT2D eigenvalue weighted by Gasteiger charge is -2.12. The number of nitrogens with zero attached hydrogens (tertiary/aromatic N) is 2. The smallest absolute Gasteiger partial charge is 0.161 e. The van der Waals surface area contributed by atoms with Crippen molar-refractivity contribution >= 4 is 44.3 Å². The third kappa shape index (κ3) is 2.95. The normalized spacial score (nSPS) is 14.3. The summed E-state index contributed by atoms with van der Waals surface area (Å²) in [5.74, 6) is 2.37. The first-order chi connectivity index (χ1) is 10.0. The molecule has 1 heterocycles. The molecule has 0 unspecified atom stereocenters. The molecule has 1 aromatic carbocycles. The summed E-state index contributed by atoms with van der Waals surface area (Å²) in [6.45, 7) is 4.21. The molecule has 1 fully saturated rings. The van der Waals surface area contributed by atoms with E-state index in [1.807, 2.05) is 7.05 Å². The summed E-state index contributed by atoms with van der Waals surface area (Å²) >= 11 is 5.97. The standard InChI is InChI=1S/C16H17BrIN3/c1-8-6-11(7-9(2)12(8)17)15-20-14(10-4-5-10)13(18)16(19-3)21-15/h6-7,10H,4-5H2,1-3H3,(H,19,20,21). The average molecular weight is 458 g/mol. The highest BCUT2D eigenvalue weighted by Crippen LogP contribution is 2.43. The summed E-state index contributed by atoms with van der Waals surface area (Å²) in [7, 11) is 1.92. The lowest BCUT2D eigenvalue weighted by atomic mass is 10.1. The average Bonchev–Trinajstić information content (AvgIpc) is 3.29. The zero-order valence-electron chi connectivity index (χ0n) is 12.3. The van der Waals surface area contributed by atoms with Gasteiger partial charge in [-0.2, -0.15) is 0 Å². The Kier molecular flexibility index (Phi) is 4.23. The van der Waals surface area contributed by atoms with Gasteiger partial charge >= 0.3 is 0 Å². The van der Waals surface area contributed by atoms with Gasteiger partial charge < -0.3 is 5.32 Å². The molecule has 0 aliphatic heterocycles. The van der Waals surface area contributed by atoms with Crippen LogP contribution in [0.2, 0.25) is 0 Å². The van der Waals surface area contributed by atoms with Crippen molar-refractivity contribution in [3.05, 3.63) is 37.0 Å². The SMILES string of the molecule is CNc1nc(-c2cc(C)c(Br)c(C)c2)nc(C2CC2)c1I. The molecule has 1 aromatic heterocycles. The van der Waals surface area contributed by atoms with Crippen LogP contribution in [-0.2, 0) is 0 Å². The zero-order chi connectivity index (χ0) is 15.1. The van der Waals surface area contributed by atoms with Crippen molar-refractivity contribution in [3.63, 3.8) is 0 Å². The highest BCUT2D eigenvalue weighted by molar-refractivity contribution is 14.1. The Bertz CT molecular complexity index is 688. The molecule has 1 aliphatic rings. The number of aromatic nitrogens is 2. The summed E-state index contributed by atoms with van der Waals surface area (Å²) in [4.78, 5) is 9.55. The molecule has 0 amide bonds. The maximum absolute atomic E-state index is 4.85. The number of hydrogen-bond acceptors (Lipinski definition) is 3. The van der Waals surface area contributed by atoms with E-state index >= 15 is 0 Å². The van der Waals surface area contributed by atoms with Gasteiger partial charge in [0.05, 0.1) is 9.26 Å². The first kappa shape index (κ1) is 15.2. The minimum Gasteiger partial charge on any atom is -0.372 e. The number of halogens is 2. The fourth-order valence-electron chi connectivity index (χ4n) is 2.46. The Labute approximate surface area is 147 Å². The van der Waals surface area contributed by atoms with Gasteiger partial charge in [0.2, 0.25) is 0 Å². The molecule has 5 heteroatoms. The second-order valence-corrected chi connectivity index (χ2v) is 7.42. The van der Waals surface area contributed by atoms with Crippen molar-refractivity contribution in [2.75, 3.05) is 12.4 Å². The number of anilines is 1. The fraction of sp³-hybridized carbons (Fsp3) is 0.375. The first-order valence-electron chi connectivity index (χ1n) is 7.03. The van der Waals surface area contributed by atoms with Crippen LogP contribution >= 0.6 is 38.5 Å². The molecule has 110 valence electrons. The summed E-state index contributed by atoms with van der Waals surface area (Å²) in [6.07, 6.45) is 2.49. The second-order valence-electron chi connectivity index (χ2n) is 5.54. The summed E-state index contributed by atoms with van der Waals surface area (Å²) in [5.41, 5.74) is 4.71. The van der Waals surface area contributed by atoms with Crippen molar-refractivity contribution in [3.8, 4) is 11.4 Å². The lowest BCUT2D eigenvalue weighted by Crippen LogP contribution is -2.05. The third-order valence-corrected chi connectivity index (χ3v) is 6.09. The van der Waals surface area contributed by atoms with Crippen LogP contribution in [0.1, 0.15) is 35.6 Å². The molecule has 0 saturated heterocycles. The van der Waals surface area contributed by atoms with Gasteiger partial charge in [-0.15, -0.1) is 0 Å². The van der Waals surface area contributed by atoms with Gasteiger partial charge in [-0.1, -0.05) is 15.9 Å². The van der Waals surface area contributed by atoms with Gasteiger partial charge in [-0.3, -0.25) is 0 Å². The van der Waals surface area contributed by atoms with E-state index < -0.39 is 0 Å². The maximum Gasteiger partial charge on any atom is 0.161 e. The molecule has 2 aromatic rings. The van der Waals surface area contributed by atoms with Crippen LogP contribution in [0.15, 0.2) is 16.6 Å². The van der Waals surface area contributed by atoms with Gasteiger partial charge in [0.15, 0.2) is 5.82 Å². The Hall–Kier alpha value is -0.690. The predicted octanol–water partition coefficient (Wildman–Crippen LogP) is 5.05. The molecule has 0 bridgehead atoms. The van der Waals surface area contributed by atoms with Crippen molar-refractivity contribution < 1.29 is 0 Å². The van der Waals surface area contributed by atoms with E-state index in [1.54, 1.807) is 0 Å². The molecular formula is C16H17BrIN3. The van der Waals surface area contributed by atoms with Crippen LogP contribution in [0.3, 0.4) is 0 Å². The Morgan fingerprint density at radius 2 is 1.81 bits per heavy atom. The minimum atomic E-state index is 0.614. The minimum absolute atomic E-state index is 0.614. The Morgan fingerprint density at radius 1 is 1.19 bits per heavy atom. The Morgan fingerprint density at radius 3 is 2.33 bits per heavy atom. The monoisotopic (exact) mass is 457 g/mol. The molecule has 1 saturated carbocycles. The highest BCUT2D eigenvalue weighted by Gasteiger charge is 2.29. The van der Waals surface area contributed by atoms with Crippen LogP contribution in [0.5, 0.6) is 0 Å². The van der Waals surface area contributed by atoms with Crippen molar-refractivity contribution in [2.45, 2.75) is 32.6 Å². The topological polar surface area (TPSA) is 37.8 Å². The van der Waals surface area contributed by atoms with Crippen LogP contribution in [0.4, 0.5) is 5.82 Å². The van der Waals surface area contributed by atoms with E-state index in [0.29, 0.717) is 5.92 Å². The van der Waals surface area contributed by atoms with Gasteiger partial charge in [0.1, 0.15) is 5.82 Å². The number of rotatable bonds is 3.